The molecule has 5 heteroatoms. The van der Waals surface area contributed by atoms with Gasteiger partial charge in [-0.2, -0.15) is 0 Å². The van der Waals surface area contributed by atoms with E-state index in [0.717, 1.165) is 22.7 Å². The van der Waals surface area contributed by atoms with Gasteiger partial charge in [0.25, 0.3) is 0 Å². The van der Waals surface area contributed by atoms with Gasteiger partial charge in [-0.05, 0) is 67.9 Å². The number of hydrogen-bond donors (Lipinski definition) is 2. The molecule has 3 aromatic carbocycles. The summed E-state index contributed by atoms with van der Waals surface area (Å²) in [5.41, 5.74) is 10.0. The maximum Gasteiger partial charge on any atom is 0.194 e. The molecule has 0 aliphatic heterocycles. The summed E-state index contributed by atoms with van der Waals surface area (Å²) >= 11 is 6.40. The maximum atomic E-state index is 12.9. The Hall–Kier alpha value is -2.98. The summed E-state index contributed by atoms with van der Waals surface area (Å²) in [7, 11) is 0. The highest BCUT2D eigenvalue weighted by atomic mass is 35.5. The van der Waals surface area contributed by atoms with E-state index < -0.39 is 0 Å². The second-order valence-corrected chi connectivity index (χ2v) is 6.55. The Morgan fingerprint density at radius 2 is 1.81 bits per heavy atom. The van der Waals surface area contributed by atoms with Crippen LogP contribution in [0.15, 0.2) is 60.7 Å². The fourth-order valence-corrected chi connectivity index (χ4v) is 3.10. The van der Waals surface area contributed by atoms with Crippen LogP contribution in [0.25, 0.3) is 0 Å². The van der Waals surface area contributed by atoms with Crippen molar-refractivity contribution in [1.29, 1.82) is 0 Å². The number of carbonyl (C=O) groups is 1. The first-order valence-corrected chi connectivity index (χ1v) is 9.06. The molecule has 138 valence electrons. The number of para-hydroxylation sites is 2. The number of rotatable bonds is 6. The van der Waals surface area contributed by atoms with Crippen molar-refractivity contribution in [2.75, 3.05) is 17.7 Å². The Labute approximate surface area is 163 Å². The van der Waals surface area contributed by atoms with Gasteiger partial charge in [0.1, 0.15) is 5.75 Å². The molecule has 4 nitrogen and oxygen atoms in total. The molecule has 3 aromatic rings. The number of hydrogen-bond acceptors (Lipinski definition) is 4. The summed E-state index contributed by atoms with van der Waals surface area (Å²) in [6.45, 7) is 4.39. The van der Waals surface area contributed by atoms with Crippen LogP contribution in [0.3, 0.4) is 0 Å². The first-order chi connectivity index (χ1) is 13.0. The number of nitrogen functional groups attached to an aromatic ring is 1. The highest BCUT2D eigenvalue weighted by Gasteiger charge is 2.16. The van der Waals surface area contributed by atoms with Gasteiger partial charge in [-0.25, -0.2) is 0 Å². The lowest BCUT2D eigenvalue weighted by Gasteiger charge is -2.12. The molecule has 0 spiro atoms. The van der Waals surface area contributed by atoms with Crippen molar-refractivity contribution >= 4 is 34.4 Å². The van der Waals surface area contributed by atoms with Gasteiger partial charge in [-0.3, -0.25) is 4.79 Å². The summed E-state index contributed by atoms with van der Waals surface area (Å²) in [4.78, 5) is 12.9. The summed E-state index contributed by atoms with van der Waals surface area (Å²) in [5, 5.41) is 3.60. The molecule has 0 saturated carbocycles. The van der Waals surface area contributed by atoms with Gasteiger partial charge in [-0.15, -0.1) is 0 Å². The monoisotopic (exact) mass is 380 g/mol. The third-order valence-corrected chi connectivity index (χ3v) is 4.52. The smallest absolute Gasteiger partial charge is 0.194 e. The predicted molar refractivity (Wildman–Crippen MR) is 111 cm³/mol. The molecule has 0 aromatic heterocycles. The zero-order valence-corrected chi connectivity index (χ0v) is 16.0. The Morgan fingerprint density at radius 1 is 1.07 bits per heavy atom. The molecule has 27 heavy (non-hydrogen) atoms. The van der Waals surface area contributed by atoms with Crippen LogP contribution >= 0.6 is 11.6 Å². The molecule has 0 fully saturated rings. The fourth-order valence-electron chi connectivity index (χ4n) is 2.84. The first-order valence-electron chi connectivity index (χ1n) is 8.69. The quantitative estimate of drug-likeness (QED) is 0.431. The van der Waals surface area contributed by atoms with Crippen LogP contribution in [0, 0.1) is 6.92 Å². The van der Waals surface area contributed by atoms with Crippen molar-refractivity contribution in [3.05, 3.63) is 82.4 Å². The minimum atomic E-state index is -0.119. The van der Waals surface area contributed by atoms with Crippen LogP contribution in [0.2, 0.25) is 5.02 Å². The zero-order chi connectivity index (χ0) is 19.4. The van der Waals surface area contributed by atoms with Crippen LogP contribution in [0.1, 0.15) is 28.4 Å². The zero-order valence-electron chi connectivity index (χ0n) is 15.3. The SMILES string of the molecule is CCOc1ccc(C(=O)c2ccc(Nc3ccccc3N)cc2Cl)c(C)c1. The second-order valence-electron chi connectivity index (χ2n) is 6.15. The molecule has 0 aliphatic rings. The topological polar surface area (TPSA) is 64.3 Å². The lowest BCUT2D eigenvalue weighted by Crippen LogP contribution is -2.05. The highest BCUT2D eigenvalue weighted by molar-refractivity contribution is 6.35. The molecule has 3 N–H and O–H groups in total. The Bertz CT molecular complexity index is 986. The summed E-state index contributed by atoms with van der Waals surface area (Å²) < 4.78 is 5.48. The normalized spacial score (nSPS) is 10.5. The van der Waals surface area contributed by atoms with E-state index in [4.69, 9.17) is 22.1 Å². The lowest BCUT2D eigenvalue weighted by molar-refractivity contribution is 0.103. The van der Waals surface area contributed by atoms with Crippen molar-refractivity contribution in [3.63, 3.8) is 0 Å². The largest absolute Gasteiger partial charge is 0.494 e. The Morgan fingerprint density at radius 3 is 2.48 bits per heavy atom. The number of nitrogens with one attached hydrogen (secondary N) is 1. The predicted octanol–water partition coefficient (Wildman–Crippen LogP) is 5.60. The van der Waals surface area contributed by atoms with E-state index in [1.165, 1.54) is 0 Å². The van der Waals surface area contributed by atoms with Gasteiger partial charge in [0.2, 0.25) is 0 Å². The average Bonchev–Trinajstić information content (AvgIpc) is 2.64. The van der Waals surface area contributed by atoms with E-state index in [1.807, 2.05) is 50.2 Å². The first kappa shape index (κ1) is 18.8. The lowest BCUT2D eigenvalue weighted by atomic mass is 9.98. The number of carbonyl (C=O) groups excluding carboxylic acids is 1. The van der Waals surface area contributed by atoms with E-state index >= 15 is 0 Å². The average molecular weight is 381 g/mol. The van der Waals surface area contributed by atoms with Crippen LogP contribution in [-0.4, -0.2) is 12.4 Å². The van der Waals surface area contributed by atoms with Crippen LogP contribution in [-0.2, 0) is 0 Å². The minimum absolute atomic E-state index is 0.119. The molecular formula is C22H21ClN2O2. The molecule has 0 radical (unpaired) electrons. The molecule has 0 unspecified atom stereocenters. The van der Waals surface area contributed by atoms with Crippen molar-refractivity contribution in [2.45, 2.75) is 13.8 Å². The van der Waals surface area contributed by atoms with Crippen LogP contribution in [0.5, 0.6) is 5.75 Å². The van der Waals surface area contributed by atoms with Crippen molar-refractivity contribution < 1.29 is 9.53 Å². The molecule has 0 heterocycles. The van der Waals surface area contributed by atoms with E-state index in [-0.39, 0.29) is 5.78 Å². The Balaban J connectivity index is 1.85. The Kier molecular flexibility index (Phi) is 5.67. The second kappa shape index (κ2) is 8.14. The number of halogens is 1. The summed E-state index contributed by atoms with van der Waals surface area (Å²) in [5.74, 6) is 0.629. The third kappa shape index (κ3) is 4.23. The van der Waals surface area contributed by atoms with Crippen LogP contribution < -0.4 is 15.8 Å². The van der Waals surface area contributed by atoms with Gasteiger partial charge in [0, 0.05) is 16.8 Å². The fraction of sp³-hybridized carbons (Fsp3) is 0.136. The number of ether oxygens (including phenoxy) is 1. The van der Waals surface area contributed by atoms with Gasteiger partial charge < -0.3 is 15.8 Å². The minimum Gasteiger partial charge on any atom is -0.494 e. The number of anilines is 3. The van der Waals surface area contributed by atoms with Gasteiger partial charge in [0.05, 0.1) is 23.0 Å². The highest BCUT2D eigenvalue weighted by Crippen LogP contribution is 2.29. The van der Waals surface area contributed by atoms with Gasteiger partial charge in [-0.1, -0.05) is 23.7 Å². The van der Waals surface area contributed by atoms with Crippen LogP contribution in [0.4, 0.5) is 17.1 Å². The van der Waals surface area contributed by atoms with Gasteiger partial charge in [0.15, 0.2) is 5.78 Å². The van der Waals surface area contributed by atoms with Crippen molar-refractivity contribution in [3.8, 4) is 5.75 Å². The standard InChI is InChI=1S/C22H21ClN2O2/c1-3-27-16-9-11-17(14(2)12-16)22(26)18-10-8-15(13-19(18)23)25-21-7-5-4-6-20(21)24/h4-13,25H,3,24H2,1-2H3. The van der Waals surface area contributed by atoms with Crippen molar-refractivity contribution in [2.24, 2.45) is 0 Å². The molecule has 0 bridgehead atoms. The van der Waals surface area contributed by atoms with E-state index in [1.54, 1.807) is 24.3 Å². The van der Waals surface area contributed by atoms with Gasteiger partial charge >= 0.3 is 0 Å². The molecular weight excluding hydrogens is 360 g/mol. The molecule has 0 atom stereocenters. The molecule has 3 rings (SSSR count). The number of ketones is 1. The number of benzene rings is 3. The maximum absolute atomic E-state index is 12.9. The van der Waals surface area contributed by atoms with E-state index in [9.17, 15) is 4.79 Å². The molecule has 0 amide bonds. The molecule has 0 saturated heterocycles. The third-order valence-electron chi connectivity index (χ3n) is 4.21. The van der Waals surface area contributed by atoms with E-state index in [0.29, 0.717) is 28.4 Å². The van der Waals surface area contributed by atoms with E-state index in [2.05, 4.69) is 5.32 Å². The molecule has 0 aliphatic carbocycles. The number of nitrogens with two attached hydrogens (primary N) is 1. The summed E-state index contributed by atoms with van der Waals surface area (Å²) in [6.07, 6.45) is 0. The van der Waals surface area contributed by atoms with Crippen molar-refractivity contribution in [1.82, 2.24) is 0 Å². The summed E-state index contributed by atoms with van der Waals surface area (Å²) in [6, 6.07) is 18.2. The number of aryl methyl sites for hydroxylation is 1.